The van der Waals surface area contributed by atoms with Gasteiger partial charge in [0.1, 0.15) is 5.75 Å². The molecule has 2 aliphatic rings. The second kappa shape index (κ2) is 7.87. The molecule has 2 aromatic rings. The van der Waals surface area contributed by atoms with Gasteiger partial charge in [-0.3, -0.25) is 4.79 Å². The fourth-order valence-electron chi connectivity index (χ4n) is 4.29. The summed E-state index contributed by atoms with van der Waals surface area (Å²) < 4.78 is 10.4. The normalized spacial score (nSPS) is 21.6. The minimum Gasteiger partial charge on any atom is -0.497 e. The van der Waals surface area contributed by atoms with E-state index in [4.69, 9.17) is 9.47 Å². The third-order valence-electron chi connectivity index (χ3n) is 5.63. The highest BCUT2D eigenvalue weighted by Crippen LogP contribution is 2.46. The summed E-state index contributed by atoms with van der Waals surface area (Å²) in [5.41, 5.74) is 3.93. The molecule has 2 atom stereocenters. The number of hydrogen-bond acceptors (Lipinski definition) is 6. The number of dihydropyridines is 1. The Hall–Kier alpha value is -2.86. The molecule has 0 unspecified atom stereocenters. The fourth-order valence-corrected chi connectivity index (χ4v) is 5.13. The molecule has 1 aromatic carbocycles. The average molecular weight is 410 g/mol. The van der Waals surface area contributed by atoms with Crippen LogP contribution in [0.2, 0.25) is 0 Å². The van der Waals surface area contributed by atoms with E-state index in [1.807, 2.05) is 48.7 Å². The maximum Gasteiger partial charge on any atom is 0.336 e. The lowest BCUT2D eigenvalue weighted by molar-refractivity contribution is -0.136. The maximum absolute atomic E-state index is 13.3. The first-order valence-electron chi connectivity index (χ1n) is 9.53. The summed E-state index contributed by atoms with van der Waals surface area (Å²) in [4.78, 5) is 26.9. The number of allylic oxidation sites excluding steroid dienone is 3. The number of methoxy groups -OCH3 is 2. The van der Waals surface area contributed by atoms with Gasteiger partial charge in [0, 0.05) is 28.3 Å². The topological polar surface area (TPSA) is 64.6 Å². The molecule has 1 N–H and O–H groups in total. The van der Waals surface area contributed by atoms with Crippen molar-refractivity contribution in [3.63, 3.8) is 0 Å². The first-order valence-corrected chi connectivity index (χ1v) is 10.4. The zero-order chi connectivity index (χ0) is 20.5. The quantitative estimate of drug-likeness (QED) is 0.763. The average Bonchev–Trinajstić information content (AvgIpc) is 3.26. The predicted octanol–water partition coefficient (Wildman–Crippen LogP) is 4.29. The fraction of sp³-hybridized carbons (Fsp3) is 0.304. The number of benzene rings is 1. The van der Waals surface area contributed by atoms with Crippen molar-refractivity contribution < 1.29 is 19.1 Å². The van der Waals surface area contributed by atoms with Crippen LogP contribution >= 0.6 is 11.3 Å². The van der Waals surface area contributed by atoms with Gasteiger partial charge in [-0.2, -0.15) is 0 Å². The molecule has 29 heavy (non-hydrogen) atoms. The summed E-state index contributed by atoms with van der Waals surface area (Å²) in [5.74, 6) is 0.145. The summed E-state index contributed by atoms with van der Waals surface area (Å²) >= 11 is 1.55. The lowest BCUT2D eigenvalue weighted by Gasteiger charge is -2.36. The second-order valence-electron chi connectivity index (χ2n) is 7.30. The Balaban J connectivity index is 1.76. The van der Waals surface area contributed by atoms with E-state index in [2.05, 4.69) is 5.32 Å². The van der Waals surface area contributed by atoms with E-state index in [-0.39, 0.29) is 17.6 Å². The molecule has 2 heterocycles. The Morgan fingerprint density at radius 1 is 1.17 bits per heavy atom. The van der Waals surface area contributed by atoms with Crippen molar-refractivity contribution in [2.75, 3.05) is 14.2 Å². The van der Waals surface area contributed by atoms with E-state index < -0.39 is 5.97 Å². The maximum atomic E-state index is 13.3. The Morgan fingerprint density at radius 2 is 2.00 bits per heavy atom. The van der Waals surface area contributed by atoms with Crippen molar-refractivity contribution in [3.8, 4) is 5.75 Å². The number of esters is 1. The van der Waals surface area contributed by atoms with Crippen LogP contribution in [0.1, 0.15) is 42.0 Å². The first-order chi connectivity index (χ1) is 14.0. The standard InChI is InChI=1S/C23H23NO4S/c1-13-20(23(26)28-3)22(19-8-5-9-29-19)21-17(24-13)11-15(12-18(21)25)14-6-4-7-16(10-14)27-2/h4-10,15,22,24H,11-12H2,1-3H3/t15-,22+/m0/s1. The van der Waals surface area contributed by atoms with Crippen LogP contribution in [-0.4, -0.2) is 26.0 Å². The van der Waals surface area contributed by atoms with E-state index in [0.29, 0.717) is 24.0 Å². The number of carbonyl (C=O) groups is 2. The van der Waals surface area contributed by atoms with E-state index in [1.165, 1.54) is 7.11 Å². The molecule has 150 valence electrons. The predicted molar refractivity (Wildman–Crippen MR) is 112 cm³/mol. The molecule has 5 nitrogen and oxygen atoms in total. The molecule has 6 heteroatoms. The molecule has 0 amide bonds. The molecule has 0 spiro atoms. The van der Waals surface area contributed by atoms with Crippen molar-refractivity contribution in [1.82, 2.24) is 5.32 Å². The largest absolute Gasteiger partial charge is 0.497 e. The third-order valence-corrected chi connectivity index (χ3v) is 6.56. The number of ketones is 1. The van der Waals surface area contributed by atoms with Crippen LogP contribution in [0.25, 0.3) is 0 Å². The number of hydrogen-bond donors (Lipinski definition) is 1. The van der Waals surface area contributed by atoms with E-state index >= 15 is 0 Å². The van der Waals surface area contributed by atoms with Crippen LogP contribution < -0.4 is 10.1 Å². The van der Waals surface area contributed by atoms with Gasteiger partial charge in [-0.15, -0.1) is 11.3 Å². The molecule has 4 rings (SSSR count). The second-order valence-corrected chi connectivity index (χ2v) is 8.28. The summed E-state index contributed by atoms with van der Waals surface area (Å²) in [6.45, 7) is 1.87. The van der Waals surface area contributed by atoms with Gasteiger partial charge in [0.25, 0.3) is 0 Å². The van der Waals surface area contributed by atoms with Crippen LogP contribution in [0, 0.1) is 0 Å². The minimum absolute atomic E-state index is 0.0684. The molecule has 0 saturated heterocycles. The van der Waals surface area contributed by atoms with Gasteiger partial charge in [-0.05, 0) is 48.4 Å². The van der Waals surface area contributed by atoms with Gasteiger partial charge in [-0.1, -0.05) is 18.2 Å². The van der Waals surface area contributed by atoms with Crippen LogP contribution in [0.4, 0.5) is 0 Å². The Morgan fingerprint density at radius 3 is 2.69 bits per heavy atom. The highest BCUT2D eigenvalue weighted by molar-refractivity contribution is 7.10. The zero-order valence-corrected chi connectivity index (χ0v) is 17.5. The molecular weight excluding hydrogens is 386 g/mol. The van der Waals surface area contributed by atoms with Gasteiger partial charge in [0.15, 0.2) is 5.78 Å². The summed E-state index contributed by atoms with van der Waals surface area (Å²) in [7, 11) is 3.02. The van der Waals surface area contributed by atoms with Crippen molar-refractivity contribution in [2.45, 2.75) is 31.6 Å². The van der Waals surface area contributed by atoms with E-state index in [9.17, 15) is 9.59 Å². The third kappa shape index (κ3) is 3.49. The zero-order valence-electron chi connectivity index (χ0n) is 16.7. The number of nitrogens with one attached hydrogen (secondary N) is 1. The monoisotopic (exact) mass is 409 g/mol. The highest BCUT2D eigenvalue weighted by Gasteiger charge is 2.41. The number of Topliss-reactive ketones (excluding diaryl/α,β-unsaturated/α-hetero) is 1. The van der Waals surface area contributed by atoms with Crippen molar-refractivity contribution in [1.29, 1.82) is 0 Å². The highest BCUT2D eigenvalue weighted by atomic mass is 32.1. The number of rotatable bonds is 4. The Labute approximate surface area is 174 Å². The van der Waals surface area contributed by atoms with Crippen LogP contribution in [0.15, 0.2) is 64.3 Å². The number of carbonyl (C=O) groups excluding carboxylic acids is 2. The van der Waals surface area contributed by atoms with Crippen LogP contribution in [-0.2, 0) is 14.3 Å². The van der Waals surface area contributed by atoms with Gasteiger partial charge >= 0.3 is 5.97 Å². The smallest absolute Gasteiger partial charge is 0.336 e. The van der Waals surface area contributed by atoms with Crippen molar-refractivity contribution in [2.24, 2.45) is 0 Å². The molecular formula is C23H23NO4S. The van der Waals surface area contributed by atoms with E-state index in [1.54, 1.807) is 18.4 Å². The SMILES string of the molecule is COC(=O)C1=C(C)NC2=C(C(=O)C[C@@H](c3cccc(OC)c3)C2)[C@@H]1c1cccs1. The van der Waals surface area contributed by atoms with Gasteiger partial charge < -0.3 is 14.8 Å². The molecule has 1 aliphatic carbocycles. The number of ether oxygens (including phenoxy) is 2. The Bertz CT molecular complexity index is 1020. The Kier molecular flexibility index (Phi) is 5.28. The lowest BCUT2D eigenvalue weighted by atomic mass is 9.73. The number of thiophene rings is 1. The van der Waals surface area contributed by atoms with Gasteiger partial charge in [0.2, 0.25) is 0 Å². The van der Waals surface area contributed by atoms with Gasteiger partial charge in [-0.25, -0.2) is 4.79 Å². The van der Waals surface area contributed by atoms with Crippen molar-refractivity contribution >= 4 is 23.1 Å². The summed E-state index contributed by atoms with van der Waals surface area (Å²) in [6, 6.07) is 11.8. The first kappa shape index (κ1) is 19.5. The molecule has 0 saturated carbocycles. The van der Waals surface area contributed by atoms with Crippen LogP contribution in [0.5, 0.6) is 5.75 Å². The molecule has 0 radical (unpaired) electrons. The summed E-state index contributed by atoms with van der Waals surface area (Å²) in [5, 5.41) is 5.31. The van der Waals surface area contributed by atoms with Crippen LogP contribution in [0.3, 0.4) is 0 Å². The minimum atomic E-state index is -0.400. The molecule has 1 aliphatic heterocycles. The molecule has 0 fully saturated rings. The van der Waals surface area contributed by atoms with Crippen molar-refractivity contribution in [3.05, 3.63) is 74.8 Å². The molecule has 1 aromatic heterocycles. The summed E-state index contributed by atoms with van der Waals surface area (Å²) in [6.07, 6.45) is 1.12. The molecule has 0 bridgehead atoms. The van der Waals surface area contributed by atoms with Gasteiger partial charge in [0.05, 0.1) is 25.7 Å². The van der Waals surface area contributed by atoms with E-state index in [0.717, 1.165) is 27.6 Å². The lowest BCUT2D eigenvalue weighted by Crippen LogP contribution is -2.35.